The first kappa shape index (κ1) is 13.5. The molecule has 96 valence electrons. The molecule has 1 rings (SSSR count). The van der Waals surface area contributed by atoms with Gasteiger partial charge >= 0.3 is 12.1 Å². The molecule has 0 aromatic rings. The minimum absolute atomic E-state index is 0.527. The largest absolute Gasteiger partial charge is 0.478 e. The van der Waals surface area contributed by atoms with Gasteiger partial charge in [-0.15, -0.1) is 0 Å². The lowest BCUT2D eigenvalue weighted by atomic mass is 9.89. The lowest BCUT2D eigenvalue weighted by Gasteiger charge is -2.31. The van der Waals surface area contributed by atoms with Gasteiger partial charge in [-0.3, -0.25) is 0 Å². The second kappa shape index (κ2) is 3.74. The molecule has 1 N–H and O–H groups in total. The van der Waals surface area contributed by atoms with Gasteiger partial charge in [-0.2, -0.15) is 13.2 Å². The van der Waals surface area contributed by atoms with Gasteiger partial charge in [0.2, 0.25) is 6.17 Å². The normalized spacial score (nSPS) is 30.3. The maximum atomic E-state index is 13.1. The summed E-state index contributed by atoms with van der Waals surface area (Å²) in [5.74, 6) is -7.46. The molecule has 0 spiro atoms. The van der Waals surface area contributed by atoms with Crippen molar-refractivity contribution in [2.24, 2.45) is 0 Å². The van der Waals surface area contributed by atoms with Crippen LogP contribution in [0.15, 0.2) is 23.3 Å². The van der Waals surface area contributed by atoms with Gasteiger partial charge in [0.25, 0.3) is 5.67 Å². The van der Waals surface area contributed by atoms with Gasteiger partial charge in [-0.25, -0.2) is 22.4 Å². The number of halogens is 7. The Hall–Kier alpha value is -1.54. The number of allylic oxidation sites excluding steroid dienone is 2. The summed E-state index contributed by atoms with van der Waals surface area (Å²) in [6.45, 7) is 0. The van der Waals surface area contributed by atoms with Crippen molar-refractivity contribution < 1.29 is 40.6 Å². The molecule has 0 fully saturated rings. The number of rotatable bonds is 1. The molecule has 0 bridgehead atoms. The molecule has 2 atom stereocenters. The number of hydrogen-bond acceptors (Lipinski definition) is 1. The third-order valence-electron chi connectivity index (χ3n) is 2.09. The van der Waals surface area contributed by atoms with Crippen LogP contribution in [0.3, 0.4) is 0 Å². The van der Waals surface area contributed by atoms with E-state index in [4.69, 9.17) is 5.11 Å². The minimum Gasteiger partial charge on any atom is -0.478 e. The van der Waals surface area contributed by atoms with Gasteiger partial charge < -0.3 is 5.11 Å². The van der Waals surface area contributed by atoms with Crippen LogP contribution in [0.2, 0.25) is 0 Å². The highest BCUT2D eigenvalue weighted by atomic mass is 19.4. The van der Waals surface area contributed by atoms with Crippen molar-refractivity contribution in [2.75, 3.05) is 0 Å². The SMILES string of the molecule is O=C(O)C1=C(F)C(F)C(F)(C(F)(F)F)C(F)=C1. The molecular weight excluding hydrogens is 261 g/mol. The van der Waals surface area contributed by atoms with Crippen molar-refractivity contribution >= 4 is 5.97 Å². The summed E-state index contributed by atoms with van der Waals surface area (Å²) >= 11 is 0. The predicted molar refractivity (Wildman–Crippen MR) is 39.8 cm³/mol. The summed E-state index contributed by atoms with van der Waals surface area (Å²) in [6.07, 6.45) is -10.7. The molecular formula is C8H3F7O2. The maximum absolute atomic E-state index is 13.1. The summed E-state index contributed by atoms with van der Waals surface area (Å²) in [7, 11) is 0. The second-order valence-electron chi connectivity index (χ2n) is 3.13. The molecule has 9 heteroatoms. The zero-order valence-electron chi connectivity index (χ0n) is 7.66. The van der Waals surface area contributed by atoms with Gasteiger partial charge in [-0.1, -0.05) is 0 Å². The van der Waals surface area contributed by atoms with E-state index in [1.165, 1.54) is 0 Å². The van der Waals surface area contributed by atoms with E-state index < -0.39 is 47.3 Å². The van der Waals surface area contributed by atoms with E-state index >= 15 is 0 Å². The summed E-state index contributed by atoms with van der Waals surface area (Å²) in [6, 6.07) is 0. The van der Waals surface area contributed by atoms with Crippen LogP contribution in [0.1, 0.15) is 0 Å². The lowest BCUT2D eigenvalue weighted by Crippen LogP contribution is -2.51. The number of carbonyl (C=O) groups is 1. The Morgan fingerprint density at radius 3 is 2.18 bits per heavy atom. The van der Waals surface area contributed by atoms with Crippen molar-refractivity contribution in [2.45, 2.75) is 18.0 Å². The molecule has 0 radical (unpaired) electrons. The predicted octanol–water partition coefficient (Wildman–Crippen LogP) is 2.77. The Kier molecular flexibility index (Phi) is 2.98. The van der Waals surface area contributed by atoms with Crippen LogP contribution >= 0.6 is 0 Å². The van der Waals surface area contributed by atoms with Gasteiger partial charge in [0.05, 0.1) is 5.57 Å². The molecule has 2 unspecified atom stereocenters. The standard InChI is InChI=1S/C8H3F7O2/c9-3-1-2(6(16)17)4(10)5(11)7(3,12)8(13,14)15/h1,5H,(H,16,17). The Morgan fingerprint density at radius 2 is 1.82 bits per heavy atom. The molecule has 0 saturated carbocycles. The third kappa shape index (κ3) is 1.79. The van der Waals surface area contributed by atoms with Crippen molar-refractivity contribution in [3.63, 3.8) is 0 Å². The highest BCUT2D eigenvalue weighted by Crippen LogP contribution is 2.49. The first-order valence-electron chi connectivity index (χ1n) is 3.93. The van der Waals surface area contributed by atoms with Crippen LogP contribution in [0.4, 0.5) is 30.7 Å². The Balaban J connectivity index is 3.41. The molecule has 17 heavy (non-hydrogen) atoms. The summed E-state index contributed by atoms with van der Waals surface area (Å²) in [5.41, 5.74) is -6.89. The molecule has 1 aliphatic rings. The van der Waals surface area contributed by atoms with Crippen LogP contribution in [0, 0.1) is 0 Å². The zero-order valence-corrected chi connectivity index (χ0v) is 7.66. The Bertz CT molecular complexity index is 422. The first-order chi connectivity index (χ1) is 7.53. The molecule has 2 nitrogen and oxygen atoms in total. The van der Waals surface area contributed by atoms with Crippen molar-refractivity contribution in [3.8, 4) is 0 Å². The number of carboxylic acids is 1. The van der Waals surface area contributed by atoms with Crippen molar-refractivity contribution in [3.05, 3.63) is 23.3 Å². The molecule has 0 saturated heterocycles. The number of hydrogen-bond donors (Lipinski definition) is 1. The minimum atomic E-state index is -6.05. The van der Waals surface area contributed by atoms with Crippen LogP contribution in [-0.4, -0.2) is 29.1 Å². The maximum Gasteiger partial charge on any atom is 0.432 e. The van der Waals surface area contributed by atoms with Gasteiger partial charge in [0.1, 0.15) is 0 Å². The fourth-order valence-electron chi connectivity index (χ4n) is 1.18. The molecule has 0 heterocycles. The summed E-state index contributed by atoms with van der Waals surface area (Å²) in [5, 5.41) is 8.24. The van der Waals surface area contributed by atoms with E-state index in [1.54, 1.807) is 0 Å². The molecule has 0 amide bonds. The molecule has 1 aliphatic carbocycles. The molecule has 0 aromatic carbocycles. The monoisotopic (exact) mass is 264 g/mol. The number of aliphatic carboxylic acids is 1. The smallest absolute Gasteiger partial charge is 0.432 e. The van der Waals surface area contributed by atoms with E-state index in [-0.39, 0.29) is 0 Å². The van der Waals surface area contributed by atoms with E-state index in [2.05, 4.69) is 0 Å². The first-order valence-corrected chi connectivity index (χ1v) is 3.93. The topological polar surface area (TPSA) is 37.3 Å². The Morgan fingerprint density at radius 1 is 1.35 bits per heavy atom. The number of alkyl halides is 5. The van der Waals surface area contributed by atoms with Crippen LogP contribution in [0.25, 0.3) is 0 Å². The lowest BCUT2D eigenvalue weighted by molar-refractivity contribution is -0.238. The van der Waals surface area contributed by atoms with E-state index in [9.17, 15) is 35.5 Å². The Labute approximate surface area is 89.0 Å². The van der Waals surface area contributed by atoms with Gasteiger partial charge in [0, 0.05) is 0 Å². The van der Waals surface area contributed by atoms with Crippen molar-refractivity contribution in [1.29, 1.82) is 0 Å². The number of carboxylic acid groups (broad SMARTS) is 1. The third-order valence-corrected chi connectivity index (χ3v) is 2.09. The highest BCUT2D eigenvalue weighted by molar-refractivity contribution is 5.91. The van der Waals surface area contributed by atoms with Crippen LogP contribution in [-0.2, 0) is 4.79 Å². The average Bonchev–Trinajstić information content (AvgIpc) is 2.18. The van der Waals surface area contributed by atoms with Crippen LogP contribution in [0.5, 0.6) is 0 Å². The van der Waals surface area contributed by atoms with E-state index in [0.29, 0.717) is 0 Å². The van der Waals surface area contributed by atoms with Gasteiger partial charge in [-0.05, 0) is 6.08 Å². The molecule has 0 aromatic heterocycles. The quantitative estimate of drug-likeness (QED) is 0.739. The molecule has 0 aliphatic heterocycles. The summed E-state index contributed by atoms with van der Waals surface area (Å²) < 4.78 is 88.0. The average molecular weight is 264 g/mol. The highest BCUT2D eigenvalue weighted by Gasteiger charge is 2.68. The van der Waals surface area contributed by atoms with Crippen molar-refractivity contribution in [1.82, 2.24) is 0 Å². The van der Waals surface area contributed by atoms with Crippen LogP contribution < -0.4 is 0 Å². The van der Waals surface area contributed by atoms with E-state index in [1.807, 2.05) is 0 Å². The fraction of sp³-hybridized carbons (Fsp3) is 0.375. The van der Waals surface area contributed by atoms with Gasteiger partial charge in [0.15, 0.2) is 11.7 Å². The zero-order chi connectivity index (χ0) is 13.6. The fourth-order valence-corrected chi connectivity index (χ4v) is 1.18. The second-order valence-corrected chi connectivity index (χ2v) is 3.13. The summed E-state index contributed by atoms with van der Waals surface area (Å²) in [4.78, 5) is 10.2. The van der Waals surface area contributed by atoms with E-state index in [0.717, 1.165) is 0 Å².